The van der Waals surface area contributed by atoms with Crippen molar-refractivity contribution in [2.24, 2.45) is 0 Å². The lowest BCUT2D eigenvalue weighted by Crippen LogP contribution is -1.81. The number of aryl methyl sites for hydroxylation is 1. The Balaban J connectivity index is 1.88. The van der Waals surface area contributed by atoms with Gasteiger partial charge >= 0.3 is 0 Å². The second kappa shape index (κ2) is 6.21. The molecule has 2 aromatic rings. The van der Waals surface area contributed by atoms with E-state index >= 15 is 0 Å². The summed E-state index contributed by atoms with van der Waals surface area (Å²) in [6.45, 7) is 2.26. The van der Waals surface area contributed by atoms with Gasteiger partial charge in [-0.2, -0.15) is 0 Å². The predicted octanol–water partition coefficient (Wildman–Crippen LogP) is 5.60. The zero-order chi connectivity index (χ0) is 11.2. The van der Waals surface area contributed by atoms with Gasteiger partial charge < -0.3 is 0 Å². The maximum Gasteiger partial charge on any atom is 0.0445 e. The van der Waals surface area contributed by atoms with E-state index in [1.54, 1.807) is 0 Å². The Bertz CT molecular complexity index is 398. The molecule has 0 aromatic carbocycles. The van der Waals surface area contributed by atoms with Crippen LogP contribution in [-0.2, 0) is 6.42 Å². The van der Waals surface area contributed by atoms with Crippen molar-refractivity contribution in [3.05, 3.63) is 34.5 Å². The van der Waals surface area contributed by atoms with E-state index in [1.165, 1.54) is 47.4 Å². The van der Waals surface area contributed by atoms with Crippen LogP contribution in [0.15, 0.2) is 29.0 Å². The molecule has 0 aliphatic rings. The molecule has 0 amide bonds. The molecule has 2 aromatic heterocycles. The second-order valence-electron chi connectivity index (χ2n) is 4.11. The number of hydrogen-bond acceptors (Lipinski definition) is 2. The average Bonchev–Trinajstić information content (AvgIpc) is 2.94. The van der Waals surface area contributed by atoms with Gasteiger partial charge in [-0.05, 0) is 41.3 Å². The Morgan fingerprint density at radius 3 is 2.75 bits per heavy atom. The van der Waals surface area contributed by atoms with Gasteiger partial charge in [-0.15, -0.1) is 22.7 Å². The summed E-state index contributed by atoms with van der Waals surface area (Å²) in [6.07, 6.45) is 6.67. The van der Waals surface area contributed by atoms with Crippen molar-refractivity contribution in [3.8, 4) is 9.75 Å². The maximum absolute atomic E-state index is 2.36. The van der Waals surface area contributed by atoms with Gasteiger partial charge in [0.05, 0.1) is 0 Å². The zero-order valence-corrected chi connectivity index (χ0v) is 11.4. The van der Waals surface area contributed by atoms with E-state index in [4.69, 9.17) is 0 Å². The van der Waals surface area contributed by atoms with E-state index in [0.717, 1.165) is 0 Å². The molecule has 0 aliphatic carbocycles. The summed E-state index contributed by atoms with van der Waals surface area (Å²) in [6, 6.07) is 6.69. The molecule has 0 N–H and O–H groups in total. The van der Waals surface area contributed by atoms with Crippen LogP contribution in [0.4, 0.5) is 0 Å². The molecule has 0 atom stereocenters. The first kappa shape index (κ1) is 11.9. The highest BCUT2D eigenvalue weighted by Crippen LogP contribution is 2.31. The summed E-state index contributed by atoms with van der Waals surface area (Å²) >= 11 is 3.71. The van der Waals surface area contributed by atoms with Gasteiger partial charge in [0.25, 0.3) is 0 Å². The van der Waals surface area contributed by atoms with Crippen molar-refractivity contribution in [1.29, 1.82) is 0 Å². The fraction of sp³-hybridized carbons (Fsp3) is 0.429. The van der Waals surface area contributed by atoms with Crippen molar-refractivity contribution in [2.75, 3.05) is 0 Å². The molecule has 2 heteroatoms. The topological polar surface area (TPSA) is 0 Å². The highest BCUT2D eigenvalue weighted by molar-refractivity contribution is 7.20. The minimum absolute atomic E-state index is 1.25. The van der Waals surface area contributed by atoms with E-state index in [0.29, 0.717) is 0 Å². The van der Waals surface area contributed by atoms with Crippen molar-refractivity contribution >= 4 is 22.7 Å². The first-order valence-electron chi connectivity index (χ1n) is 6.01. The highest BCUT2D eigenvalue weighted by atomic mass is 32.1. The molecule has 0 nitrogen and oxygen atoms in total. The van der Waals surface area contributed by atoms with Crippen molar-refractivity contribution in [2.45, 2.75) is 39.0 Å². The molecule has 0 saturated carbocycles. The van der Waals surface area contributed by atoms with E-state index in [9.17, 15) is 0 Å². The summed E-state index contributed by atoms with van der Waals surface area (Å²) in [5.74, 6) is 0. The van der Waals surface area contributed by atoms with Crippen LogP contribution >= 0.6 is 22.7 Å². The highest BCUT2D eigenvalue weighted by Gasteiger charge is 2.03. The molecule has 2 heterocycles. The molecule has 0 saturated heterocycles. The van der Waals surface area contributed by atoms with Gasteiger partial charge in [0.15, 0.2) is 0 Å². The molecule has 0 fully saturated rings. The molecular weight excluding hydrogens is 232 g/mol. The van der Waals surface area contributed by atoms with Crippen molar-refractivity contribution in [3.63, 3.8) is 0 Å². The first-order chi connectivity index (χ1) is 7.90. The van der Waals surface area contributed by atoms with Gasteiger partial charge in [0, 0.05) is 9.75 Å². The van der Waals surface area contributed by atoms with Gasteiger partial charge in [-0.3, -0.25) is 0 Å². The quantitative estimate of drug-likeness (QED) is 0.585. The maximum atomic E-state index is 2.36. The summed E-state index contributed by atoms with van der Waals surface area (Å²) < 4.78 is 0. The minimum atomic E-state index is 1.25. The lowest BCUT2D eigenvalue weighted by atomic mass is 10.1. The second-order valence-corrected chi connectivity index (χ2v) is 5.97. The lowest BCUT2D eigenvalue weighted by Gasteiger charge is -1.96. The Hall–Kier alpha value is -0.600. The van der Waals surface area contributed by atoms with Crippen molar-refractivity contribution in [1.82, 2.24) is 0 Å². The number of unbranched alkanes of at least 4 members (excludes halogenated alkanes) is 3. The van der Waals surface area contributed by atoms with E-state index in [1.807, 2.05) is 22.7 Å². The summed E-state index contributed by atoms with van der Waals surface area (Å²) in [4.78, 5) is 2.84. The van der Waals surface area contributed by atoms with Gasteiger partial charge in [-0.1, -0.05) is 32.3 Å². The summed E-state index contributed by atoms with van der Waals surface area (Å²) in [5, 5.41) is 4.47. The van der Waals surface area contributed by atoms with Gasteiger partial charge in [0.2, 0.25) is 0 Å². The standard InChI is InChI=1S/C14H18S2/c1-2-3-4-5-7-12-10-14(16-11-12)13-8-6-9-15-13/h6,8-11H,2-5,7H2,1H3. The largest absolute Gasteiger partial charge is 0.143 e. The molecule has 0 spiro atoms. The predicted molar refractivity (Wildman–Crippen MR) is 75.5 cm³/mol. The molecule has 0 aliphatic heterocycles. The van der Waals surface area contributed by atoms with E-state index in [2.05, 4.69) is 35.9 Å². The average molecular weight is 250 g/mol. The van der Waals surface area contributed by atoms with Crippen LogP contribution in [0, 0.1) is 0 Å². The van der Waals surface area contributed by atoms with Crippen molar-refractivity contribution < 1.29 is 0 Å². The Kier molecular flexibility index (Phi) is 4.61. The summed E-state index contributed by atoms with van der Waals surface area (Å²) in [7, 11) is 0. The number of rotatable bonds is 6. The minimum Gasteiger partial charge on any atom is -0.143 e. The molecule has 16 heavy (non-hydrogen) atoms. The lowest BCUT2D eigenvalue weighted by molar-refractivity contribution is 0.667. The molecule has 2 rings (SSSR count). The fourth-order valence-electron chi connectivity index (χ4n) is 1.81. The molecule has 86 valence electrons. The Labute approximate surface area is 106 Å². The summed E-state index contributed by atoms with van der Waals surface area (Å²) in [5.41, 5.74) is 1.52. The van der Waals surface area contributed by atoms with Crippen LogP contribution < -0.4 is 0 Å². The third-order valence-electron chi connectivity index (χ3n) is 2.74. The molecule has 0 unspecified atom stereocenters. The zero-order valence-electron chi connectivity index (χ0n) is 9.74. The number of hydrogen-bond donors (Lipinski definition) is 0. The molecular formula is C14H18S2. The smallest absolute Gasteiger partial charge is 0.0445 e. The third-order valence-corrected chi connectivity index (χ3v) is 4.78. The SMILES string of the molecule is CCCCCCc1csc(-c2cccs2)c1. The van der Waals surface area contributed by atoms with Crippen LogP contribution in [0.5, 0.6) is 0 Å². The Morgan fingerprint density at radius 1 is 1.06 bits per heavy atom. The number of thiophene rings is 2. The van der Waals surface area contributed by atoms with Crippen LogP contribution in [0.2, 0.25) is 0 Å². The molecule has 0 radical (unpaired) electrons. The van der Waals surface area contributed by atoms with E-state index < -0.39 is 0 Å². The van der Waals surface area contributed by atoms with E-state index in [-0.39, 0.29) is 0 Å². The Morgan fingerprint density at radius 2 is 2.00 bits per heavy atom. The van der Waals surface area contributed by atoms with Crippen LogP contribution in [0.25, 0.3) is 9.75 Å². The first-order valence-corrected chi connectivity index (χ1v) is 7.77. The van der Waals surface area contributed by atoms with Crippen LogP contribution in [0.3, 0.4) is 0 Å². The normalized spacial score (nSPS) is 10.8. The fourth-order valence-corrected chi connectivity index (χ4v) is 3.60. The van der Waals surface area contributed by atoms with Gasteiger partial charge in [0.1, 0.15) is 0 Å². The monoisotopic (exact) mass is 250 g/mol. The van der Waals surface area contributed by atoms with Crippen LogP contribution in [0.1, 0.15) is 38.2 Å². The van der Waals surface area contributed by atoms with Crippen LogP contribution in [-0.4, -0.2) is 0 Å². The van der Waals surface area contributed by atoms with Gasteiger partial charge in [-0.25, -0.2) is 0 Å². The third kappa shape index (κ3) is 3.19. The molecule has 0 bridgehead atoms.